The Balaban J connectivity index is 2.61. The molecule has 3 N–H and O–H groups in total. The third-order valence-corrected chi connectivity index (χ3v) is 2.91. The van der Waals surface area contributed by atoms with Gasteiger partial charge in [-0.25, -0.2) is 0 Å². The molecule has 1 fully saturated rings. The first kappa shape index (κ1) is 13.0. The summed E-state index contributed by atoms with van der Waals surface area (Å²) in [5.41, 5.74) is 4.10. The summed E-state index contributed by atoms with van der Waals surface area (Å²) in [5, 5.41) is 8.42. The Morgan fingerprint density at radius 3 is 2.62 bits per heavy atom. The number of hydrogen-bond acceptors (Lipinski definition) is 3. The van der Waals surface area contributed by atoms with Gasteiger partial charge in [-0.2, -0.15) is 8.78 Å². The van der Waals surface area contributed by atoms with Gasteiger partial charge in [0.05, 0.1) is 5.54 Å². The lowest BCUT2D eigenvalue weighted by atomic mass is 9.76. The molecule has 1 aliphatic rings. The van der Waals surface area contributed by atoms with E-state index in [0.717, 1.165) is 0 Å². The van der Waals surface area contributed by atoms with Crippen molar-refractivity contribution in [3.63, 3.8) is 0 Å². The number of halogens is 2. The van der Waals surface area contributed by atoms with E-state index in [-0.39, 0.29) is 32.1 Å². The van der Waals surface area contributed by atoms with Gasteiger partial charge in [-0.1, -0.05) is 0 Å². The maximum absolute atomic E-state index is 13.1. The molecule has 0 aromatic heterocycles. The summed E-state index contributed by atoms with van der Waals surface area (Å²) in [5.74, 6) is -5.61. The SMILES string of the molecule is N[C@@]1(CCCC(=O)O)CCCC(F)(F)C1=O. The van der Waals surface area contributed by atoms with Crippen molar-refractivity contribution in [1.82, 2.24) is 0 Å². The molecule has 0 aliphatic heterocycles. The minimum Gasteiger partial charge on any atom is -0.481 e. The van der Waals surface area contributed by atoms with Gasteiger partial charge in [0, 0.05) is 12.8 Å². The van der Waals surface area contributed by atoms with E-state index in [1.54, 1.807) is 0 Å². The maximum atomic E-state index is 13.1. The summed E-state index contributed by atoms with van der Waals surface area (Å²) in [6, 6.07) is 0. The normalized spacial score (nSPS) is 29.1. The van der Waals surface area contributed by atoms with E-state index in [2.05, 4.69) is 0 Å². The zero-order chi connectivity index (χ0) is 12.4. The van der Waals surface area contributed by atoms with Crippen LogP contribution in [0.2, 0.25) is 0 Å². The summed E-state index contributed by atoms with van der Waals surface area (Å²) in [4.78, 5) is 21.7. The molecule has 0 spiro atoms. The number of carboxylic acids is 1. The van der Waals surface area contributed by atoms with Crippen LogP contribution in [0.5, 0.6) is 0 Å². The van der Waals surface area contributed by atoms with E-state index in [1.807, 2.05) is 0 Å². The Morgan fingerprint density at radius 2 is 2.06 bits per heavy atom. The third kappa shape index (κ3) is 2.75. The molecule has 1 atom stereocenters. The van der Waals surface area contributed by atoms with E-state index in [4.69, 9.17) is 10.8 Å². The van der Waals surface area contributed by atoms with E-state index in [0.29, 0.717) is 0 Å². The second-order valence-corrected chi connectivity index (χ2v) is 4.29. The summed E-state index contributed by atoms with van der Waals surface area (Å²) in [6.45, 7) is 0. The predicted octanol–water partition coefficient (Wildman–Crippen LogP) is 1.33. The molecule has 0 aromatic carbocycles. The fourth-order valence-electron chi connectivity index (χ4n) is 2.01. The molecule has 4 nitrogen and oxygen atoms in total. The van der Waals surface area contributed by atoms with Crippen molar-refractivity contribution in [2.45, 2.75) is 50.0 Å². The van der Waals surface area contributed by atoms with E-state index in [9.17, 15) is 18.4 Å². The van der Waals surface area contributed by atoms with Gasteiger partial charge in [0.1, 0.15) is 0 Å². The number of carboxylic acid groups (broad SMARTS) is 1. The van der Waals surface area contributed by atoms with Gasteiger partial charge in [0.2, 0.25) is 5.78 Å². The lowest BCUT2D eigenvalue weighted by molar-refractivity contribution is -0.155. The molecular formula is C10H15F2NO3. The first-order valence-electron chi connectivity index (χ1n) is 5.21. The van der Waals surface area contributed by atoms with E-state index < -0.39 is 29.6 Å². The van der Waals surface area contributed by atoms with Crippen LogP contribution in [0.3, 0.4) is 0 Å². The fraction of sp³-hybridized carbons (Fsp3) is 0.800. The Kier molecular flexibility index (Phi) is 3.62. The average molecular weight is 235 g/mol. The van der Waals surface area contributed by atoms with E-state index >= 15 is 0 Å². The van der Waals surface area contributed by atoms with Gasteiger partial charge in [-0.05, 0) is 25.7 Å². The second-order valence-electron chi connectivity index (χ2n) is 4.29. The Labute approximate surface area is 91.8 Å². The van der Waals surface area contributed by atoms with Gasteiger partial charge >= 0.3 is 11.9 Å². The smallest absolute Gasteiger partial charge is 0.307 e. The van der Waals surface area contributed by atoms with Crippen LogP contribution in [-0.2, 0) is 9.59 Å². The van der Waals surface area contributed by atoms with Crippen LogP contribution in [0.4, 0.5) is 8.78 Å². The highest BCUT2D eigenvalue weighted by Crippen LogP contribution is 2.37. The second kappa shape index (κ2) is 4.45. The Hall–Kier alpha value is -1.04. The van der Waals surface area contributed by atoms with Gasteiger partial charge in [-0.3, -0.25) is 9.59 Å². The van der Waals surface area contributed by atoms with Gasteiger partial charge in [-0.15, -0.1) is 0 Å². The number of nitrogens with two attached hydrogens (primary N) is 1. The van der Waals surface area contributed by atoms with Crippen molar-refractivity contribution in [2.75, 3.05) is 0 Å². The topological polar surface area (TPSA) is 80.4 Å². The van der Waals surface area contributed by atoms with Gasteiger partial charge in [0.25, 0.3) is 0 Å². The molecule has 0 saturated heterocycles. The molecule has 0 amide bonds. The molecule has 16 heavy (non-hydrogen) atoms. The number of carbonyl (C=O) groups is 2. The van der Waals surface area contributed by atoms with Crippen LogP contribution >= 0.6 is 0 Å². The standard InChI is InChI=1S/C10H15F2NO3/c11-10(12)6-2-5-9(13,8(10)16)4-1-3-7(14)15/h1-6,13H2,(H,14,15)/t9-/m0/s1. The van der Waals surface area contributed by atoms with Crippen molar-refractivity contribution in [1.29, 1.82) is 0 Å². The monoisotopic (exact) mass is 235 g/mol. The molecule has 92 valence electrons. The lowest BCUT2D eigenvalue weighted by Gasteiger charge is -2.35. The minimum atomic E-state index is -3.35. The Morgan fingerprint density at radius 1 is 1.44 bits per heavy atom. The van der Waals surface area contributed by atoms with Gasteiger partial charge in [0.15, 0.2) is 0 Å². The molecule has 6 heteroatoms. The van der Waals surface area contributed by atoms with Crippen molar-refractivity contribution in [2.24, 2.45) is 5.73 Å². The van der Waals surface area contributed by atoms with Crippen molar-refractivity contribution >= 4 is 11.8 Å². The molecule has 0 radical (unpaired) electrons. The van der Waals surface area contributed by atoms with Crippen molar-refractivity contribution < 1.29 is 23.5 Å². The molecule has 1 aliphatic carbocycles. The number of carbonyl (C=O) groups excluding carboxylic acids is 1. The number of rotatable bonds is 4. The molecule has 0 heterocycles. The van der Waals surface area contributed by atoms with Crippen molar-refractivity contribution in [3.8, 4) is 0 Å². The highest BCUT2D eigenvalue weighted by molar-refractivity contribution is 5.94. The number of alkyl halides is 2. The van der Waals surface area contributed by atoms with Crippen LogP contribution in [-0.4, -0.2) is 28.3 Å². The van der Waals surface area contributed by atoms with Crippen molar-refractivity contribution in [3.05, 3.63) is 0 Å². The van der Waals surface area contributed by atoms with E-state index in [1.165, 1.54) is 0 Å². The maximum Gasteiger partial charge on any atom is 0.307 e. The molecule has 1 rings (SSSR count). The largest absolute Gasteiger partial charge is 0.481 e. The lowest BCUT2D eigenvalue weighted by Crippen LogP contribution is -2.58. The summed E-state index contributed by atoms with van der Waals surface area (Å²) in [6.07, 6.45) is -0.0494. The minimum absolute atomic E-state index is 0.00766. The zero-order valence-electron chi connectivity index (χ0n) is 8.84. The molecular weight excluding hydrogens is 220 g/mol. The fourth-order valence-corrected chi connectivity index (χ4v) is 2.01. The molecule has 0 aromatic rings. The van der Waals surface area contributed by atoms with Crippen LogP contribution in [0.1, 0.15) is 38.5 Å². The molecule has 0 unspecified atom stereocenters. The highest BCUT2D eigenvalue weighted by Gasteiger charge is 2.52. The van der Waals surface area contributed by atoms with Gasteiger partial charge < -0.3 is 10.8 Å². The first-order chi connectivity index (χ1) is 7.28. The Bertz CT molecular complexity index is 306. The quantitative estimate of drug-likeness (QED) is 0.770. The number of hydrogen-bond donors (Lipinski definition) is 2. The third-order valence-electron chi connectivity index (χ3n) is 2.91. The molecule has 0 bridgehead atoms. The molecule has 1 saturated carbocycles. The summed E-state index contributed by atoms with van der Waals surface area (Å²) in [7, 11) is 0. The number of aliphatic carboxylic acids is 1. The first-order valence-corrected chi connectivity index (χ1v) is 5.21. The number of Topliss-reactive ketones (excluding diaryl/α,β-unsaturated/α-hetero) is 1. The van der Waals surface area contributed by atoms with Crippen LogP contribution in [0.25, 0.3) is 0 Å². The van der Waals surface area contributed by atoms with Crippen LogP contribution in [0.15, 0.2) is 0 Å². The van der Waals surface area contributed by atoms with Crippen LogP contribution < -0.4 is 5.73 Å². The average Bonchev–Trinajstić information content (AvgIpc) is 2.13. The zero-order valence-corrected chi connectivity index (χ0v) is 8.84. The summed E-state index contributed by atoms with van der Waals surface area (Å²) < 4.78 is 26.3. The highest BCUT2D eigenvalue weighted by atomic mass is 19.3. The number of ketones is 1. The van der Waals surface area contributed by atoms with Crippen LogP contribution in [0, 0.1) is 0 Å². The predicted molar refractivity (Wildman–Crippen MR) is 52.2 cm³/mol. The summed E-state index contributed by atoms with van der Waals surface area (Å²) >= 11 is 0.